The van der Waals surface area contributed by atoms with Crippen LogP contribution in [0.25, 0.3) is 0 Å². The van der Waals surface area contributed by atoms with Gasteiger partial charge in [-0.05, 0) is 24.1 Å². The summed E-state index contributed by atoms with van der Waals surface area (Å²) in [7, 11) is 1.62. The van der Waals surface area contributed by atoms with Crippen molar-refractivity contribution < 1.29 is 20.1 Å². The number of methoxy groups -OCH3 is 1. The van der Waals surface area contributed by atoms with Crippen molar-refractivity contribution in [2.45, 2.75) is 19.0 Å². The zero-order chi connectivity index (χ0) is 12.7. The fraction of sp³-hybridized carbons (Fsp3) is 0.500. The molecule has 0 saturated carbocycles. The van der Waals surface area contributed by atoms with Crippen LogP contribution in [-0.4, -0.2) is 41.7 Å². The third kappa shape index (κ3) is 4.60. The number of aliphatic hydroxyl groups excluding tert-OH is 1. The van der Waals surface area contributed by atoms with Crippen LogP contribution in [0.3, 0.4) is 0 Å². The monoisotopic (exact) mass is 241 g/mol. The second-order valence-electron chi connectivity index (χ2n) is 3.86. The minimum atomic E-state index is -0.137. The van der Waals surface area contributed by atoms with E-state index in [9.17, 15) is 5.11 Å². The van der Waals surface area contributed by atoms with E-state index in [0.717, 1.165) is 12.0 Å². The van der Waals surface area contributed by atoms with Crippen LogP contribution in [0.2, 0.25) is 0 Å². The summed E-state index contributed by atoms with van der Waals surface area (Å²) >= 11 is 0. The molecular formula is C12H19NO4. The van der Waals surface area contributed by atoms with Crippen LogP contribution in [0.4, 0.5) is 0 Å². The molecule has 4 N–H and O–H groups in total. The Morgan fingerprint density at radius 1 is 1.29 bits per heavy atom. The van der Waals surface area contributed by atoms with Crippen molar-refractivity contribution in [3.05, 3.63) is 23.8 Å². The third-order valence-electron chi connectivity index (χ3n) is 2.53. The zero-order valence-electron chi connectivity index (χ0n) is 9.89. The van der Waals surface area contributed by atoms with Crippen LogP contribution >= 0.6 is 0 Å². The van der Waals surface area contributed by atoms with E-state index in [0.29, 0.717) is 13.2 Å². The summed E-state index contributed by atoms with van der Waals surface area (Å²) in [5.41, 5.74) is 0.844. The SMILES string of the molecule is COCCC(CO)NCc1ccc(O)c(O)c1. The number of hydrogen-bond donors (Lipinski definition) is 4. The Morgan fingerprint density at radius 2 is 2.06 bits per heavy atom. The maximum atomic E-state index is 9.32. The molecule has 0 heterocycles. The second kappa shape index (κ2) is 7.11. The molecule has 96 valence electrons. The molecule has 0 aliphatic carbocycles. The molecule has 1 aromatic rings. The van der Waals surface area contributed by atoms with Gasteiger partial charge in [-0.15, -0.1) is 0 Å². The van der Waals surface area contributed by atoms with Gasteiger partial charge < -0.3 is 25.4 Å². The molecule has 0 fully saturated rings. The van der Waals surface area contributed by atoms with Crippen molar-refractivity contribution in [1.82, 2.24) is 5.32 Å². The van der Waals surface area contributed by atoms with E-state index in [-0.39, 0.29) is 24.1 Å². The topological polar surface area (TPSA) is 82.0 Å². The Kier molecular flexibility index (Phi) is 5.76. The van der Waals surface area contributed by atoms with E-state index < -0.39 is 0 Å². The minimum Gasteiger partial charge on any atom is -0.504 e. The summed E-state index contributed by atoms with van der Waals surface area (Å²) in [6.07, 6.45) is 0.719. The highest BCUT2D eigenvalue weighted by Crippen LogP contribution is 2.24. The van der Waals surface area contributed by atoms with Gasteiger partial charge >= 0.3 is 0 Å². The van der Waals surface area contributed by atoms with E-state index >= 15 is 0 Å². The van der Waals surface area contributed by atoms with Gasteiger partial charge in [-0.2, -0.15) is 0 Å². The Bertz CT molecular complexity index is 343. The van der Waals surface area contributed by atoms with Gasteiger partial charge in [0.05, 0.1) is 6.61 Å². The van der Waals surface area contributed by atoms with Gasteiger partial charge in [0.25, 0.3) is 0 Å². The Morgan fingerprint density at radius 3 is 2.65 bits per heavy atom. The molecule has 0 amide bonds. The van der Waals surface area contributed by atoms with Gasteiger partial charge in [-0.25, -0.2) is 0 Å². The lowest BCUT2D eigenvalue weighted by molar-refractivity contribution is 0.159. The van der Waals surface area contributed by atoms with E-state index in [4.69, 9.17) is 14.9 Å². The number of rotatable bonds is 7. The highest BCUT2D eigenvalue weighted by Gasteiger charge is 2.07. The average Bonchev–Trinajstić information content (AvgIpc) is 2.34. The van der Waals surface area contributed by atoms with E-state index in [1.165, 1.54) is 12.1 Å². The van der Waals surface area contributed by atoms with Crippen LogP contribution < -0.4 is 5.32 Å². The molecule has 0 aliphatic heterocycles. The van der Waals surface area contributed by atoms with Gasteiger partial charge in [0, 0.05) is 26.3 Å². The average molecular weight is 241 g/mol. The first kappa shape index (κ1) is 13.8. The first-order valence-electron chi connectivity index (χ1n) is 5.51. The molecule has 0 radical (unpaired) electrons. The number of hydrogen-bond acceptors (Lipinski definition) is 5. The smallest absolute Gasteiger partial charge is 0.157 e. The zero-order valence-corrected chi connectivity index (χ0v) is 9.89. The molecule has 1 rings (SSSR count). The van der Waals surface area contributed by atoms with Crippen molar-refractivity contribution in [1.29, 1.82) is 0 Å². The molecule has 5 heteroatoms. The molecule has 1 atom stereocenters. The summed E-state index contributed by atoms with van der Waals surface area (Å²) in [6, 6.07) is 4.61. The lowest BCUT2D eigenvalue weighted by Crippen LogP contribution is -2.33. The second-order valence-corrected chi connectivity index (χ2v) is 3.86. The fourth-order valence-electron chi connectivity index (χ4n) is 1.46. The van der Waals surface area contributed by atoms with Crippen LogP contribution in [-0.2, 0) is 11.3 Å². The molecule has 0 bridgehead atoms. The normalized spacial score (nSPS) is 12.6. The lowest BCUT2D eigenvalue weighted by Gasteiger charge is -2.15. The summed E-state index contributed by atoms with van der Waals surface area (Å²) < 4.78 is 4.94. The maximum absolute atomic E-state index is 9.32. The van der Waals surface area contributed by atoms with Gasteiger partial charge in [-0.3, -0.25) is 0 Å². The van der Waals surface area contributed by atoms with E-state index in [2.05, 4.69) is 5.32 Å². The van der Waals surface area contributed by atoms with Crippen LogP contribution in [0.15, 0.2) is 18.2 Å². The summed E-state index contributed by atoms with van der Waals surface area (Å²) in [5.74, 6) is -0.270. The maximum Gasteiger partial charge on any atom is 0.157 e. The summed E-state index contributed by atoms with van der Waals surface area (Å²) in [6.45, 7) is 1.13. The molecule has 5 nitrogen and oxygen atoms in total. The highest BCUT2D eigenvalue weighted by atomic mass is 16.5. The van der Waals surface area contributed by atoms with Crippen molar-refractivity contribution >= 4 is 0 Å². The van der Waals surface area contributed by atoms with Gasteiger partial charge in [0.2, 0.25) is 0 Å². The molecule has 0 spiro atoms. The Hall–Kier alpha value is -1.30. The number of ether oxygens (including phenoxy) is 1. The number of benzene rings is 1. The minimum absolute atomic E-state index is 0.0351. The van der Waals surface area contributed by atoms with Crippen LogP contribution in [0, 0.1) is 0 Å². The molecule has 1 unspecified atom stereocenters. The van der Waals surface area contributed by atoms with Crippen molar-refractivity contribution in [2.24, 2.45) is 0 Å². The number of aromatic hydroxyl groups is 2. The fourth-order valence-corrected chi connectivity index (χ4v) is 1.46. The van der Waals surface area contributed by atoms with Crippen molar-refractivity contribution in [2.75, 3.05) is 20.3 Å². The highest BCUT2D eigenvalue weighted by molar-refractivity contribution is 5.40. The first-order chi connectivity index (χ1) is 8.17. The molecule has 0 aliphatic rings. The largest absolute Gasteiger partial charge is 0.504 e. The van der Waals surface area contributed by atoms with E-state index in [1.54, 1.807) is 13.2 Å². The molecule has 17 heavy (non-hydrogen) atoms. The third-order valence-corrected chi connectivity index (χ3v) is 2.53. The quantitative estimate of drug-likeness (QED) is 0.525. The summed E-state index contributed by atoms with van der Waals surface area (Å²) in [4.78, 5) is 0. The molecular weight excluding hydrogens is 222 g/mol. The number of aliphatic hydroxyl groups is 1. The Balaban J connectivity index is 2.45. The summed E-state index contributed by atoms with van der Waals surface area (Å²) in [5, 5.41) is 30.7. The van der Waals surface area contributed by atoms with E-state index in [1.807, 2.05) is 0 Å². The molecule has 0 saturated heterocycles. The van der Waals surface area contributed by atoms with Crippen molar-refractivity contribution in [3.8, 4) is 11.5 Å². The molecule has 0 aromatic heterocycles. The number of nitrogens with one attached hydrogen (secondary N) is 1. The number of phenols is 2. The Labute approximate surface area is 101 Å². The van der Waals surface area contributed by atoms with Gasteiger partial charge in [0.15, 0.2) is 11.5 Å². The first-order valence-corrected chi connectivity index (χ1v) is 5.51. The predicted molar refractivity (Wildman–Crippen MR) is 64.0 cm³/mol. The van der Waals surface area contributed by atoms with Gasteiger partial charge in [0.1, 0.15) is 0 Å². The number of phenolic OH excluding ortho intramolecular Hbond substituents is 2. The standard InChI is InChI=1S/C12H19NO4/c1-17-5-4-10(8-14)13-7-9-2-3-11(15)12(16)6-9/h2-3,6,10,13-16H,4-5,7-8H2,1H3. The van der Waals surface area contributed by atoms with Gasteiger partial charge in [-0.1, -0.05) is 6.07 Å². The lowest BCUT2D eigenvalue weighted by atomic mass is 10.1. The van der Waals surface area contributed by atoms with Crippen LogP contribution in [0.1, 0.15) is 12.0 Å². The molecule has 1 aromatic carbocycles. The van der Waals surface area contributed by atoms with Crippen LogP contribution in [0.5, 0.6) is 11.5 Å². The van der Waals surface area contributed by atoms with Crippen molar-refractivity contribution in [3.63, 3.8) is 0 Å². The predicted octanol–water partition coefficient (Wildman–Crippen LogP) is 0.585.